The molecule has 0 aliphatic carbocycles. The van der Waals surface area contributed by atoms with Crippen LogP contribution in [0.2, 0.25) is 5.02 Å². The average Bonchev–Trinajstić information content (AvgIpc) is 2.72. The van der Waals surface area contributed by atoms with Gasteiger partial charge in [-0.1, -0.05) is 11.6 Å². The van der Waals surface area contributed by atoms with Crippen LogP contribution < -0.4 is 15.1 Å². The molecule has 0 radical (unpaired) electrons. The number of aromatic nitrogens is 4. The maximum Gasteiger partial charge on any atom is 0.229 e. The first kappa shape index (κ1) is 17.4. The molecule has 0 unspecified atom stereocenters. The average molecular weight is 386 g/mol. The Bertz CT molecular complexity index is 917. The van der Waals surface area contributed by atoms with Crippen LogP contribution >= 0.6 is 11.6 Å². The lowest BCUT2D eigenvalue weighted by Crippen LogP contribution is -2.47. The Hall–Kier alpha value is -3.00. The fourth-order valence-electron chi connectivity index (χ4n) is 2.88. The van der Waals surface area contributed by atoms with Gasteiger partial charge in [0.25, 0.3) is 0 Å². The smallest absolute Gasteiger partial charge is 0.229 e. The minimum atomic E-state index is -0.461. The van der Waals surface area contributed by atoms with E-state index in [2.05, 4.69) is 35.1 Å². The number of rotatable bonds is 4. The first-order chi connectivity index (χ1) is 13.2. The lowest BCUT2D eigenvalue weighted by molar-refractivity contribution is 0.628. The fraction of sp³-hybridized carbons (Fsp3) is 0.222. The number of nitrogens with zero attached hydrogens (tertiary/aromatic N) is 6. The van der Waals surface area contributed by atoms with Crippen molar-refractivity contribution in [1.29, 1.82) is 0 Å². The zero-order valence-corrected chi connectivity index (χ0v) is 15.1. The summed E-state index contributed by atoms with van der Waals surface area (Å²) in [6.45, 7) is 3.23. The van der Waals surface area contributed by atoms with E-state index in [1.807, 2.05) is 12.1 Å². The molecule has 138 valence electrons. The zero-order chi connectivity index (χ0) is 18.6. The van der Waals surface area contributed by atoms with Crippen LogP contribution in [-0.4, -0.2) is 46.1 Å². The standard InChI is InChI=1S/C18H17ClFN7/c19-14-12-13(2-3-15(14)20)24-17-21-7-4-16(25-17)26-8-10-27(11-9-26)18-22-5-1-6-23-18/h1-7,12H,8-11H2,(H,21,24,25). The van der Waals surface area contributed by atoms with Crippen LogP contribution in [0.3, 0.4) is 0 Å². The maximum absolute atomic E-state index is 13.3. The number of nitrogens with one attached hydrogen (secondary N) is 1. The SMILES string of the molecule is Fc1ccc(Nc2nccc(N3CCN(c4ncccn4)CC3)n2)cc1Cl. The quantitative estimate of drug-likeness (QED) is 0.739. The van der Waals surface area contributed by atoms with Crippen molar-refractivity contribution in [2.75, 3.05) is 41.3 Å². The molecular formula is C18H17ClFN7. The Morgan fingerprint density at radius 1 is 0.926 bits per heavy atom. The predicted octanol–water partition coefficient (Wildman–Crippen LogP) is 3.13. The van der Waals surface area contributed by atoms with E-state index in [0.717, 1.165) is 37.9 Å². The first-order valence-corrected chi connectivity index (χ1v) is 8.89. The summed E-state index contributed by atoms with van der Waals surface area (Å²) < 4.78 is 13.3. The topological polar surface area (TPSA) is 70.1 Å². The molecular weight excluding hydrogens is 369 g/mol. The van der Waals surface area contributed by atoms with Crippen LogP contribution in [0.1, 0.15) is 0 Å². The van der Waals surface area contributed by atoms with Gasteiger partial charge in [0, 0.05) is 50.5 Å². The molecule has 4 rings (SSSR count). The highest BCUT2D eigenvalue weighted by atomic mass is 35.5. The van der Waals surface area contributed by atoms with Gasteiger partial charge in [0.1, 0.15) is 11.6 Å². The number of hydrogen-bond donors (Lipinski definition) is 1. The van der Waals surface area contributed by atoms with Gasteiger partial charge in [-0.3, -0.25) is 0 Å². The summed E-state index contributed by atoms with van der Waals surface area (Å²) in [5.74, 6) is 1.55. The summed E-state index contributed by atoms with van der Waals surface area (Å²) in [5.41, 5.74) is 0.629. The molecule has 1 aliphatic rings. The minimum Gasteiger partial charge on any atom is -0.353 e. The molecule has 0 spiro atoms. The van der Waals surface area contributed by atoms with Gasteiger partial charge in [-0.05, 0) is 30.3 Å². The van der Waals surface area contributed by atoms with Gasteiger partial charge in [-0.15, -0.1) is 0 Å². The summed E-state index contributed by atoms with van der Waals surface area (Å²) in [6.07, 6.45) is 5.19. The second-order valence-corrected chi connectivity index (χ2v) is 6.42. The van der Waals surface area contributed by atoms with Crippen molar-refractivity contribution >= 4 is 35.0 Å². The number of piperazine rings is 1. The summed E-state index contributed by atoms with van der Waals surface area (Å²) >= 11 is 5.82. The molecule has 0 bridgehead atoms. The molecule has 27 heavy (non-hydrogen) atoms. The van der Waals surface area contributed by atoms with E-state index in [-0.39, 0.29) is 5.02 Å². The Morgan fingerprint density at radius 2 is 1.67 bits per heavy atom. The molecule has 1 aliphatic heterocycles. The monoisotopic (exact) mass is 385 g/mol. The highest BCUT2D eigenvalue weighted by molar-refractivity contribution is 6.31. The van der Waals surface area contributed by atoms with Gasteiger partial charge in [-0.25, -0.2) is 19.3 Å². The van der Waals surface area contributed by atoms with Crippen LogP contribution in [0.25, 0.3) is 0 Å². The Morgan fingerprint density at radius 3 is 2.41 bits per heavy atom. The number of halogens is 2. The van der Waals surface area contributed by atoms with Gasteiger partial charge >= 0.3 is 0 Å². The zero-order valence-electron chi connectivity index (χ0n) is 14.4. The van der Waals surface area contributed by atoms with E-state index in [1.54, 1.807) is 24.7 Å². The van der Waals surface area contributed by atoms with Crippen LogP contribution in [0.15, 0.2) is 48.9 Å². The lowest BCUT2D eigenvalue weighted by Gasteiger charge is -2.35. The molecule has 1 aromatic carbocycles. The Labute approximate surface area is 160 Å². The summed E-state index contributed by atoms with van der Waals surface area (Å²) in [4.78, 5) is 21.7. The number of anilines is 4. The van der Waals surface area contributed by atoms with Gasteiger partial charge in [0.2, 0.25) is 11.9 Å². The van der Waals surface area contributed by atoms with Gasteiger partial charge in [0.15, 0.2) is 0 Å². The summed E-state index contributed by atoms with van der Waals surface area (Å²) in [6, 6.07) is 8.09. The normalized spacial score (nSPS) is 14.3. The predicted molar refractivity (Wildman–Crippen MR) is 103 cm³/mol. The van der Waals surface area contributed by atoms with Gasteiger partial charge < -0.3 is 15.1 Å². The van der Waals surface area contributed by atoms with E-state index in [4.69, 9.17) is 11.6 Å². The fourth-order valence-corrected chi connectivity index (χ4v) is 3.06. The molecule has 0 saturated carbocycles. The molecule has 3 heterocycles. The molecule has 9 heteroatoms. The second kappa shape index (κ2) is 7.71. The third-order valence-electron chi connectivity index (χ3n) is 4.26. The van der Waals surface area contributed by atoms with Crippen LogP contribution in [0.5, 0.6) is 0 Å². The molecule has 7 nitrogen and oxygen atoms in total. The number of benzene rings is 1. The minimum absolute atomic E-state index is 0.0513. The van der Waals surface area contributed by atoms with E-state index in [1.165, 1.54) is 12.1 Å². The Kier molecular flexibility index (Phi) is 4.97. The molecule has 3 aromatic rings. The molecule has 2 aromatic heterocycles. The third kappa shape index (κ3) is 4.06. The van der Waals surface area contributed by atoms with Crippen molar-refractivity contribution in [3.05, 3.63) is 59.8 Å². The first-order valence-electron chi connectivity index (χ1n) is 8.51. The molecule has 0 atom stereocenters. The maximum atomic E-state index is 13.3. The van der Waals surface area contributed by atoms with Crippen LogP contribution in [0.4, 0.5) is 27.8 Å². The second-order valence-electron chi connectivity index (χ2n) is 6.02. The molecule has 0 amide bonds. The van der Waals surface area contributed by atoms with Crippen LogP contribution in [0, 0.1) is 5.82 Å². The van der Waals surface area contributed by atoms with Crippen molar-refractivity contribution in [2.45, 2.75) is 0 Å². The van der Waals surface area contributed by atoms with E-state index >= 15 is 0 Å². The van der Waals surface area contributed by atoms with Crippen molar-refractivity contribution in [3.63, 3.8) is 0 Å². The summed E-state index contributed by atoms with van der Waals surface area (Å²) in [5, 5.41) is 3.11. The van der Waals surface area contributed by atoms with Crippen molar-refractivity contribution in [3.8, 4) is 0 Å². The highest BCUT2D eigenvalue weighted by Gasteiger charge is 2.20. The lowest BCUT2D eigenvalue weighted by atomic mass is 10.3. The van der Waals surface area contributed by atoms with Crippen molar-refractivity contribution in [2.24, 2.45) is 0 Å². The molecule has 1 saturated heterocycles. The van der Waals surface area contributed by atoms with Gasteiger partial charge in [-0.2, -0.15) is 4.98 Å². The van der Waals surface area contributed by atoms with E-state index < -0.39 is 5.82 Å². The third-order valence-corrected chi connectivity index (χ3v) is 4.54. The van der Waals surface area contributed by atoms with Gasteiger partial charge in [0.05, 0.1) is 5.02 Å². The van der Waals surface area contributed by atoms with Crippen molar-refractivity contribution in [1.82, 2.24) is 19.9 Å². The van der Waals surface area contributed by atoms with E-state index in [9.17, 15) is 4.39 Å². The molecule has 1 fully saturated rings. The van der Waals surface area contributed by atoms with Crippen molar-refractivity contribution < 1.29 is 4.39 Å². The Balaban J connectivity index is 1.43. The largest absolute Gasteiger partial charge is 0.353 e. The summed E-state index contributed by atoms with van der Waals surface area (Å²) in [7, 11) is 0. The van der Waals surface area contributed by atoms with Crippen LogP contribution in [-0.2, 0) is 0 Å². The molecule has 1 N–H and O–H groups in total. The number of hydrogen-bond acceptors (Lipinski definition) is 7. The van der Waals surface area contributed by atoms with E-state index in [0.29, 0.717) is 11.6 Å². The highest BCUT2D eigenvalue weighted by Crippen LogP contribution is 2.22.